The Kier molecular flexibility index (Phi) is 4.79. The van der Waals surface area contributed by atoms with Crippen molar-refractivity contribution in [3.8, 4) is 0 Å². The number of benzene rings is 1. The van der Waals surface area contributed by atoms with Crippen molar-refractivity contribution in [2.45, 2.75) is 72.1 Å². The third kappa shape index (κ3) is 3.05. The van der Waals surface area contributed by atoms with Gasteiger partial charge in [-0.15, -0.1) is 0 Å². The van der Waals surface area contributed by atoms with Crippen LogP contribution >= 0.6 is 0 Å². The second-order valence-electron chi connectivity index (χ2n) is 7.23. The van der Waals surface area contributed by atoms with Gasteiger partial charge in [0, 0.05) is 42.3 Å². The zero-order chi connectivity index (χ0) is 16.6. The molecular formula is C20H31N3. The van der Waals surface area contributed by atoms with Gasteiger partial charge in [0.1, 0.15) is 0 Å². The summed E-state index contributed by atoms with van der Waals surface area (Å²) in [5, 5.41) is 1.47. The fraction of sp³-hybridized carbons (Fsp3) is 0.600. The summed E-state index contributed by atoms with van der Waals surface area (Å²) in [4.78, 5) is 2.40. The maximum atomic E-state index is 6.18. The first-order chi connectivity index (χ1) is 11.0. The van der Waals surface area contributed by atoms with E-state index < -0.39 is 0 Å². The summed E-state index contributed by atoms with van der Waals surface area (Å²) in [6.07, 6.45) is 4.42. The maximum absolute atomic E-state index is 6.18. The molecule has 0 bridgehead atoms. The van der Waals surface area contributed by atoms with Gasteiger partial charge in [0.25, 0.3) is 0 Å². The van der Waals surface area contributed by atoms with Gasteiger partial charge in [-0.3, -0.25) is 4.90 Å². The Labute approximate surface area is 140 Å². The van der Waals surface area contributed by atoms with Crippen molar-refractivity contribution in [1.82, 2.24) is 9.47 Å². The van der Waals surface area contributed by atoms with Crippen molar-refractivity contribution in [3.05, 3.63) is 34.5 Å². The molecule has 0 aliphatic carbocycles. The number of rotatable bonds is 6. The second kappa shape index (κ2) is 6.66. The predicted octanol–water partition coefficient (Wildman–Crippen LogP) is 3.98. The molecule has 1 atom stereocenters. The topological polar surface area (TPSA) is 34.2 Å². The van der Waals surface area contributed by atoms with Gasteiger partial charge in [-0.1, -0.05) is 13.8 Å². The summed E-state index contributed by atoms with van der Waals surface area (Å²) in [7, 11) is 2.21. The van der Waals surface area contributed by atoms with E-state index in [0.717, 1.165) is 38.9 Å². The molecule has 126 valence electrons. The first-order valence-electron chi connectivity index (χ1n) is 9.12. The van der Waals surface area contributed by atoms with E-state index in [1.165, 1.54) is 39.7 Å². The molecule has 3 nitrogen and oxygen atoms in total. The highest BCUT2D eigenvalue weighted by Crippen LogP contribution is 2.33. The first-order valence-corrected chi connectivity index (χ1v) is 9.12. The first kappa shape index (κ1) is 16.5. The van der Waals surface area contributed by atoms with Gasteiger partial charge in [-0.2, -0.15) is 0 Å². The molecule has 1 aromatic heterocycles. The minimum absolute atomic E-state index is 0.319. The van der Waals surface area contributed by atoms with Crippen LogP contribution in [0.1, 0.15) is 55.5 Å². The van der Waals surface area contributed by atoms with Crippen LogP contribution in [0.15, 0.2) is 12.1 Å². The molecule has 1 aliphatic rings. The zero-order valence-corrected chi connectivity index (χ0v) is 15.2. The molecule has 0 radical (unpaired) electrons. The molecule has 0 amide bonds. The summed E-state index contributed by atoms with van der Waals surface area (Å²) >= 11 is 0. The van der Waals surface area contributed by atoms with Crippen LogP contribution < -0.4 is 5.73 Å². The van der Waals surface area contributed by atoms with Crippen molar-refractivity contribution >= 4 is 10.9 Å². The van der Waals surface area contributed by atoms with Crippen molar-refractivity contribution in [2.75, 3.05) is 7.05 Å². The zero-order valence-electron chi connectivity index (χ0n) is 15.2. The molecule has 2 N–H and O–H groups in total. The van der Waals surface area contributed by atoms with E-state index >= 15 is 0 Å². The van der Waals surface area contributed by atoms with Gasteiger partial charge in [0.05, 0.1) is 0 Å². The number of aryl methyl sites for hydroxylation is 2. The van der Waals surface area contributed by atoms with Crippen LogP contribution in [-0.4, -0.2) is 22.6 Å². The molecule has 2 aromatic rings. The smallest absolute Gasteiger partial charge is 0.0488 e. The fourth-order valence-electron chi connectivity index (χ4n) is 3.97. The number of fused-ring (bicyclic) bond motifs is 2. The molecule has 23 heavy (non-hydrogen) atoms. The van der Waals surface area contributed by atoms with Crippen LogP contribution in [0.4, 0.5) is 0 Å². The molecule has 0 spiro atoms. The SMILES string of the molecule is CCCn1c(C)c(CCC(N)CC)c2cc3c(cc21)CN(C)C3. The Morgan fingerprint density at radius 1 is 1.17 bits per heavy atom. The quantitative estimate of drug-likeness (QED) is 0.875. The highest BCUT2D eigenvalue weighted by molar-refractivity contribution is 5.87. The van der Waals surface area contributed by atoms with Gasteiger partial charge < -0.3 is 10.3 Å². The number of aromatic nitrogens is 1. The van der Waals surface area contributed by atoms with Crippen molar-refractivity contribution < 1.29 is 0 Å². The number of nitrogens with zero attached hydrogens (tertiary/aromatic N) is 2. The molecule has 3 heteroatoms. The Morgan fingerprint density at radius 3 is 2.52 bits per heavy atom. The Hall–Kier alpha value is -1.32. The largest absolute Gasteiger partial charge is 0.345 e. The lowest BCUT2D eigenvalue weighted by Gasteiger charge is -2.10. The lowest BCUT2D eigenvalue weighted by molar-refractivity contribution is 0.353. The highest BCUT2D eigenvalue weighted by atomic mass is 15.1. The van der Waals surface area contributed by atoms with Crippen LogP contribution in [0.3, 0.4) is 0 Å². The van der Waals surface area contributed by atoms with E-state index in [1.807, 2.05) is 0 Å². The molecule has 0 saturated heterocycles. The maximum Gasteiger partial charge on any atom is 0.0488 e. The van der Waals surface area contributed by atoms with Crippen LogP contribution in [0.5, 0.6) is 0 Å². The minimum Gasteiger partial charge on any atom is -0.345 e. The number of nitrogens with two attached hydrogens (primary N) is 1. The monoisotopic (exact) mass is 313 g/mol. The summed E-state index contributed by atoms with van der Waals surface area (Å²) in [5.74, 6) is 0. The van der Waals surface area contributed by atoms with E-state index in [0.29, 0.717) is 6.04 Å². The predicted molar refractivity (Wildman–Crippen MR) is 98.7 cm³/mol. The van der Waals surface area contributed by atoms with Crippen LogP contribution in [0, 0.1) is 6.92 Å². The molecule has 3 rings (SSSR count). The Morgan fingerprint density at radius 2 is 1.87 bits per heavy atom. The van der Waals surface area contributed by atoms with E-state index in [-0.39, 0.29) is 0 Å². The van der Waals surface area contributed by atoms with Gasteiger partial charge in [0.2, 0.25) is 0 Å². The minimum atomic E-state index is 0.319. The Balaban J connectivity index is 2.07. The molecule has 2 heterocycles. The van der Waals surface area contributed by atoms with Gasteiger partial charge in [-0.05, 0) is 68.5 Å². The molecule has 1 aliphatic heterocycles. The molecule has 0 saturated carbocycles. The third-order valence-electron chi connectivity index (χ3n) is 5.39. The lowest BCUT2D eigenvalue weighted by Crippen LogP contribution is -2.19. The summed E-state index contributed by atoms with van der Waals surface area (Å²) in [5.41, 5.74) is 13.6. The standard InChI is InChI=1S/C20H31N3/c1-5-9-23-14(3)18(8-7-17(21)6-2)19-10-15-12-22(4)13-16(15)11-20(19)23/h10-11,17H,5-9,12-13,21H2,1-4H3. The third-order valence-corrected chi connectivity index (χ3v) is 5.39. The van der Waals surface area contributed by atoms with Crippen molar-refractivity contribution in [2.24, 2.45) is 5.73 Å². The summed E-state index contributed by atoms with van der Waals surface area (Å²) < 4.78 is 2.53. The van der Waals surface area contributed by atoms with Gasteiger partial charge in [-0.25, -0.2) is 0 Å². The van der Waals surface area contributed by atoms with E-state index in [1.54, 1.807) is 0 Å². The summed E-state index contributed by atoms with van der Waals surface area (Å²) in [6.45, 7) is 10.0. The number of hydrogen-bond donors (Lipinski definition) is 1. The molecule has 1 aromatic carbocycles. The average Bonchev–Trinajstić information content (AvgIpc) is 3.01. The molecular weight excluding hydrogens is 282 g/mol. The second-order valence-corrected chi connectivity index (χ2v) is 7.23. The van der Waals surface area contributed by atoms with E-state index in [4.69, 9.17) is 5.73 Å². The molecule has 0 fully saturated rings. The van der Waals surface area contributed by atoms with Crippen molar-refractivity contribution in [1.29, 1.82) is 0 Å². The van der Waals surface area contributed by atoms with E-state index in [9.17, 15) is 0 Å². The van der Waals surface area contributed by atoms with Gasteiger partial charge >= 0.3 is 0 Å². The highest BCUT2D eigenvalue weighted by Gasteiger charge is 2.21. The van der Waals surface area contributed by atoms with Crippen LogP contribution in [-0.2, 0) is 26.1 Å². The average molecular weight is 313 g/mol. The van der Waals surface area contributed by atoms with Crippen molar-refractivity contribution in [3.63, 3.8) is 0 Å². The fourth-order valence-corrected chi connectivity index (χ4v) is 3.97. The number of hydrogen-bond acceptors (Lipinski definition) is 2. The van der Waals surface area contributed by atoms with E-state index in [2.05, 4.69) is 49.4 Å². The van der Waals surface area contributed by atoms with Crippen LogP contribution in [0.25, 0.3) is 10.9 Å². The lowest BCUT2D eigenvalue weighted by atomic mass is 9.99. The Bertz CT molecular complexity index is 699. The normalized spacial score (nSPS) is 16.2. The van der Waals surface area contributed by atoms with Crippen LogP contribution in [0.2, 0.25) is 0 Å². The summed E-state index contributed by atoms with van der Waals surface area (Å²) in [6, 6.07) is 5.22. The molecule has 1 unspecified atom stereocenters. The van der Waals surface area contributed by atoms with Gasteiger partial charge in [0.15, 0.2) is 0 Å².